The minimum Gasteiger partial charge on any atom is -0.386 e. The van der Waals surface area contributed by atoms with E-state index >= 15 is 0 Å². The van der Waals surface area contributed by atoms with Crippen molar-refractivity contribution in [2.24, 2.45) is 34.5 Å². The first-order valence-electron chi connectivity index (χ1n) is 15.7. The summed E-state index contributed by atoms with van der Waals surface area (Å²) in [7, 11) is 2.45. The second kappa shape index (κ2) is 13.3. The lowest BCUT2D eigenvalue weighted by Crippen LogP contribution is -2.45. The summed E-state index contributed by atoms with van der Waals surface area (Å²) >= 11 is 0. The summed E-state index contributed by atoms with van der Waals surface area (Å²) < 4.78 is 0. The van der Waals surface area contributed by atoms with Gasteiger partial charge in [0.1, 0.15) is 7.28 Å². The molecule has 0 aromatic heterocycles. The molecule has 0 aromatic rings. The van der Waals surface area contributed by atoms with Gasteiger partial charge in [0.15, 0.2) is 0 Å². The SMILES string of the molecule is C=C(C)CC1CCC2C(CC(=C)NC3CC(C)(C)CC(C)(C[B]C(=C)CCCCC(=C)C(=C)C)C3)CCC12. The molecule has 1 radical (unpaired) electrons. The molecular weight excluding hydrogens is 457 g/mol. The lowest BCUT2D eigenvalue weighted by Gasteiger charge is -2.48. The van der Waals surface area contributed by atoms with Gasteiger partial charge in [-0.05, 0) is 125 Å². The summed E-state index contributed by atoms with van der Waals surface area (Å²) in [6.45, 7) is 33.0. The molecule has 1 N–H and O–H groups in total. The zero-order chi connectivity index (χ0) is 28.1. The van der Waals surface area contributed by atoms with E-state index in [1.54, 1.807) is 0 Å². The number of nitrogens with one attached hydrogen (secondary N) is 1. The van der Waals surface area contributed by atoms with Crippen molar-refractivity contribution in [2.45, 2.75) is 130 Å². The van der Waals surface area contributed by atoms with Crippen molar-refractivity contribution in [3.8, 4) is 0 Å². The van der Waals surface area contributed by atoms with Crippen LogP contribution < -0.4 is 5.32 Å². The van der Waals surface area contributed by atoms with Gasteiger partial charge < -0.3 is 5.32 Å². The van der Waals surface area contributed by atoms with Crippen LogP contribution in [0.15, 0.2) is 60.8 Å². The Bertz CT molecular complexity index is 893. The zero-order valence-electron chi connectivity index (χ0n) is 25.9. The molecule has 3 aliphatic carbocycles. The molecule has 0 heterocycles. The maximum atomic E-state index is 4.57. The highest BCUT2D eigenvalue weighted by molar-refractivity contribution is 6.45. The third-order valence-corrected chi connectivity index (χ3v) is 10.2. The lowest BCUT2D eigenvalue weighted by atomic mass is 9.51. The van der Waals surface area contributed by atoms with Gasteiger partial charge in [-0.2, -0.15) is 0 Å². The highest BCUT2D eigenvalue weighted by atomic mass is 14.9. The molecule has 6 atom stereocenters. The monoisotopic (exact) mass is 516 g/mol. The second-order valence-corrected chi connectivity index (χ2v) is 15.0. The molecule has 0 saturated heterocycles. The van der Waals surface area contributed by atoms with E-state index in [1.807, 2.05) is 0 Å². The molecule has 0 amide bonds. The van der Waals surface area contributed by atoms with Crippen molar-refractivity contribution in [3.05, 3.63) is 60.8 Å². The Labute approximate surface area is 238 Å². The minimum absolute atomic E-state index is 0.316. The molecule has 1 nitrogen and oxygen atoms in total. The van der Waals surface area contributed by atoms with E-state index in [2.05, 4.69) is 80.1 Å². The maximum absolute atomic E-state index is 4.57. The van der Waals surface area contributed by atoms with E-state index in [4.69, 9.17) is 0 Å². The molecule has 0 bridgehead atoms. The van der Waals surface area contributed by atoms with Crippen LogP contribution in [0, 0.1) is 34.5 Å². The summed E-state index contributed by atoms with van der Waals surface area (Å²) in [5, 5.41) is 3.97. The van der Waals surface area contributed by atoms with E-state index in [0.29, 0.717) is 16.9 Å². The Kier molecular flexibility index (Phi) is 10.9. The first kappa shape index (κ1) is 31.1. The predicted octanol–water partition coefficient (Wildman–Crippen LogP) is 10.4. The van der Waals surface area contributed by atoms with Crippen molar-refractivity contribution in [3.63, 3.8) is 0 Å². The first-order chi connectivity index (χ1) is 17.8. The molecule has 3 fully saturated rings. The highest BCUT2D eigenvalue weighted by Crippen LogP contribution is 2.54. The topological polar surface area (TPSA) is 12.0 Å². The van der Waals surface area contributed by atoms with E-state index in [0.717, 1.165) is 48.4 Å². The van der Waals surface area contributed by atoms with E-state index in [-0.39, 0.29) is 0 Å². The molecule has 38 heavy (non-hydrogen) atoms. The number of allylic oxidation sites excluding steroid dienone is 5. The van der Waals surface area contributed by atoms with Crippen molar-refractivity contribution >= 4 is 7.28 Å². The van der Waals surface area contributed by atoms with Gasteiger partial charge in [0.05, 0.1) is 0 Å². The standard InChI is InChI=1S/C36H59BN/c1-25(2)19-30-15-17-34-31(16-18-33(30)34)20-29(7)38-32-21-35(8,9)23-36(10,22-32)24-37-28(6)14-12-11-13-27(5)26(3)4/h30-34,38H,1,3,5-7,11-24H2,2,4,8-10H3. The average Bonchev–Trinajstić information content (AvgIpc) is 3.36. The van der Waals surface area contributed by atoms with Crippen LogP contribution in [0.1, 0.15) is 118 Å². The van der Waals surface area contributed by atoms with Gasteiger partial charge in [-0.15, -0.1) is 18.6 Å². The molecule has 2 heteroatoms. The number of unbranched alkanes of at least 4 members (excludes halogenated alkanes) is 1. The lowest BCUT2D eigenvalue weighted by molar-refractivity contribution is 0.0881. The first-order valence-corrected chi connectivity index (χ1v) is 15.7. The quantitative estimate of drug-likeness (QED) is 0.0988. The number of fused-ring (bicyclic) bond motifs is 1. The Morgan fingerprint density at radius 3 is 2.03 bits per heavy atom. The largest absolute Gasteiger partial charge is 0.386 e. The molecule has 0 aliphatic heterocycles. The molecule has 0 spiro atoms. The predicted molar refractivity (Wildman–Crippen MR) is 170 cm³/mol. The van der Waals surface area contributed by atoms with Crippen LogP contribution in [-0.2, 0) is 0 Å². The Morgan fingerprint density at radius 1 is 0.816 bits per heavy atom. The smallest absolute Gasteiger partial charge is 0.145 e. The van der Waals surface area contributed by atoms with Crippen LogP contribution in [-0.4, -0.2) is 13.3 Å². The van der Waals surface area contributed by atoms with E-state index < -0.39 is 0 Å². The van der Waals surface area contributed by atoms with Crippen molar-refractivity contribution in [2.75, 3.05) is 0 Å². The maximum Gasteiger partial charge on any atom is 0.145 e. The third-order valence-electron chi connectivity index (χ3n) is 10.2. The average molecular weight is 517 g/mol. The van der Waals surface area contributed by atoms with Crippen LogP contribution in [0.2, 0.25) is 6.32 Å². The Hall–Kier alpha value is -1.44. The summed E-state index contributed by atoms with van der Waals surface area (Å²) in [5.74, 6) is 3.59. The van der Waals surface area contributed by atoms with Crippen LogP contribution in [0.3, 0.4) is 0 Å². The van der Waals surface area contributed by atoms with Gasteiger partial charge in [0, 0.05) is 11.7 Å². The van der Waals surface area contributed by atoms with Crippen molar-refractivity contribution in [1.29, 1.82) is 0 Å². The van der Waals surface area contributed by atoms with Gasteiger partial charge in [0.2, 0.25) is 0 Å². The van der Waals surface area contributed by atoms with E-state index in [1.165, 1.54) is 92.9 Å². The fourth-order valence-corrected chi connectivity index (χ4v) is 8.75. The summed E-state index contributed by atoms with van der Waals surface area (Å²) in [6, 6.07) is 0.531. The molecule has 6 unspecified atom stereocenters. The second-order valence-electron chi connectivity index (χ2n) is 15.0. The summed E-state index contributed by atoms with van der Waals surface area (Å²) in [6.07, 6.45) is 17.5. The normalized spacial score (nSPS) is 31.9. The van der Waals surface area contributed by atoms with Gasteiger partial charge >= 0.3 is 0 Å². The van der Waals surface area contributed by atoms with Crippen LogP contribution in [0.4, 0.5) is 0 Å². The minimum atomic E-state index is 0.316. The molecular formula is C36H59BN. The summed E-state index contributed by atoms with van der Waals surface area (Å²) in [4.78, 5) is 0. The third kappa shape index (κ3) is 9.06. The van der Waals surface area contributed by atoms with E-state index in [9.17, 15) is 0 Å². The molecule has 3 rings (SSSR count). The van der Waals surface area contributed by atoms with Crippen molar-refractivity contribution < 1.29 is 0 Å². The molecule has 0 aromatic carbocycles. The summed E-state index contributed by atoms with van der Waals surface area (Å²) in [5.41, 5.74) is 6.96. The van der Waals surface area contributed by atoms with Gasteiger partial charge in [-0.25, -0.2) is 0 Å². The highest BCUT2D eigenvalue weighted by Gasteiger charge is 2.45. The number of rotatable bonds is 15. The molecule has 211 valence electrons. The Balaban J connectivity index is 1.45. The van der Waals surface area contributed by atoms with Gasteiger partial charge in [-0.1, -0.05) is 70.0 Å². The van der Waals surface area contributed by atoms with Gasteiger partial charge in [0.25, 0.3) is 0 Å². The number of hydrogen-bond acceptors (Lipinski definition) is 1. The van der Waals surface area contributed by atoms with Crippen LogP contribution in [0.25, 0.3) is 0 Å². The Morgan fingerprint density at radius 2 is 1.42 bits per heavy atom. The fraction of sp³-hybridized carbons (Fsp3) is 0.722. The van der Waals surface area contributed by atoms with Crippen LogP contribution >= 0.6 is 0 Å². The van der Waals surface area contributed by atoms with Gasteiger partial charge in [-0.3, -0.25) is 0 Å². The fourth-order valence-electron chi connectivity index (χ4n) is 8.75. The molecule has 3 saturated carbocycles. The van der Waals surface area contributed by atoms with Crippen LogP contribution in [0.5, 0.6) is 0 Å². The number of hydrogen-bond donors (Lipinski definition) is 1. The zero-order valence-corrected chi connectivity index (χ0v) is 25.9. The molecule has 3 aliphatic rings. The van der Waals surface area contributed by atoms with Crippen molar-refractivity contribution in [1.82, 2.24) is 5.32 Å².